The normalized spacial score (nSPS) is 15.3. The van der Waals surface area contributed by atoms with Gasteiger partial charge in [0.05, 0.1) is 13.2 Å². The molecule has 0 bridgehead atoms. The molecule has 0 unspecified atom stereocenters. The van der Waals surface area contributed by atoms with Crippen molar-refractivity contribution in [3.05, 3.63) is 35.4 Å². The van der Waals surface area contributed by atoms with E-state index < -0.39 is 0 Å². The Labute approximate surface area is 138 Å². The number of aliphatic imine (C=N–C) groups is 1. The first-order valence-corrected chi connectivity index (χ1v) is 6.88. The van der Waals surface area contributed by atoms with Crippen LogP contribution >= 0.6 is 24.0 Å². The van der Waals surface area contributed by atoms with Crippen molar-refractivity contribution >= 4 is 29.9 Å². The lowest BCUT2D eigenvalue weighted by Crippen LogP contribution is -2.37. The molecule has 2 rings (SSSR count). The van der Waals surface area contributed by atoms with Gasteiger partial charge in [-0.05, 0) is 29.9 Å². The van der Waals surface area contributed by atoms with Crippen LogP contribution in [-0.4, -0.2) is 19.6 Å². The van der Waals surface area contributed by atoms with E-state index in [9.17, 15) is 0 Å². The first-order chi connectivity index (χ1) is 9.28. The molecule has 0 saturated heterocycles. The average Bonchev–Trinajstić information content (AvgIpc) is 2.35. The molecule has 0 aliphatic heterocycles. The summed E-state index contributed by atoms with van der Waals surface area (Å²) in [4.78, 5) is 4.37. The Hall–Kier alpha value is -0.820. The van der Waals surface area contributed by atoms with E-state index in [0.717, 1.165) is 23.6 Å². The average molecular weight is 389 g/mol. The number of guanidine groups is 1. The fourth-order valence-electron chi connectivity index (χ4n) is 2.16. The molecule has 1 aliphatic carbocycles. The summed E-state index contributed by atoms with van der Waals surface area (Å²) in [6.07, 6.45) is 3.99. The largest absolute Gasteiger partial charge is 0.380 e. The van der Waals surface area contributed by atoms with Crippen molar-refractivity contribution in [2.75, 3.05) is 13.7 Å². The number of nitrogens with two attached hydrogens (primary N) is 1. The molecule has 0 radical (unpaired) electrons. The lowest BCUT2D eigenvalue weighted by molar-refractivity contribution is 0.185. The Morgan fingerprint density at radius 2 is 2.15 bits per heavy atom. The topological polar surface area (TPSA) is 59.6 Å². The monoisotopic (exact) mass is 389 g/mol. The third kappa shape index (κ3) is 5.66. The highest BCUT2D eigenvalue weighted by molar-refractivity contribution is 14.0. The predicted molar refractivity (Wildman–Crippen MR) is 93.2 cm³/mol. The third-order valence-electron chi connectivity index (χ3n) is 3.53. The van der Waals surface area contributed by atoms with Crippen molar-refractivity contribution in [1.29, 1.82) is 0 Å². The molecule has 1 saturated carbocycles. The van der Waals surface area contributed by atoms with Crippen LogP contribution < -0.4 is 11.1 Å². The third-order valence-corrected chi connectivity index (χ3v) is 3.53. The predicted octanol–water partition coefficient (Wildman–Crippen LogP) is 2.66. The summed E-state index contributed by atoms with van der Waals surface area (Å²) in [6.45, 7) is 2.20. The first-order valence-electron chi connectivity index (χ1n) is 6.88. The van der Waals surface area contributed by atoms with Crippen LogP contribution in [0.2, 0.25) is 0 Å². The Balaban J connectivity index is 0.00000200. The lowest BCUT2D eigenvalue weighted by atomic mass is 9.85. The van der Waals surface area contributed by atoms with Gasteiger partial charge in [0.25, 0.3) is 0 Å². The van der Waals surface area contributed by atoms with Gasteiger partial charge in [-0.25, -0.2) is 4.99 Å². The van der Waals surface area contributed by atoms with E-state index in [1.165, 1.54) is 19.3 Å². The van der Waals surface area contributed by atoms with Gasteiger partial charge in [0.1, 0.15) is 0 Å². The highest BCUT2D eigenvalue weighted by atomic mass is 127. The summed E-state index contributed by atoms with van der Waals surface area (Å²) >= 11 is 0. The minimum Gasteiger partial charge on any atom is -0.380 e. The van der Waals surface area contributed by atoms with Crippen LogP contribution in [0, 0.1) is 5.92 Å². The highest BCUT2D eigenvalue weighted by Gasteiger charge is 2.16. The second kappa shape index (κ2) is 9.18. The molecule has 0 heterocycles. The number of hydrogen-bond acceptors (Lipinski definition) is 2. The zero-order valence-electron chi connectivity index (χ0n) is 12.0. The lowest BCUT2D eigenvalue weighted by Gasteiger charge is -2.25. The molecule has 1 aliphatic rings. The van der Waals surface area contributed by atoms with Gasteiger partial charge in [-0.15, -0.1) is 24.0 Å². The van der Waals surface area contributed by atoms with Crippen molar-refractivity contribution in [1.82, 2.24) is 5.32 Å². The van der Waals surface area contributed by atoms with Gasteiger partial charge in [-0.3, -0.25) is 0 Å². The molecule has 3 N–H and O–H groups in total. The number of nitrogens with one attached hydrogen (secondary N) is 1. The molecular weight excluding hydrogens is 365 g/mol. The molecule has 0 atom stereocenters. The summed E-state index contributed by atoms with van der Waals surface area (Å²) in [5.41, 5.74) is 8.18. The van der Waals surface area contributed by atoms with Crippen molar-refractivity contribution in [2.24, 2.45) is 16.6 Å². The number of ether oxygens (including phenoxy) is 1. The summed E-state index contributed by atoms with van der Waals surface area (Å²) < 4.78 is 5.12. The molecule has 5 heteroatoms. The number of rotatable bonds is 6. The summed E-state index contributed by atoms with van der Waals surface area (Å²) in [6, 6.07) is 8.24. The molecule has 112 valence electrons. The minimum absolute atomic E-state index is 0. The van der Waals surface area contributed by atoms with Gasteiger partial charge in [0.2, 0.25) is 0 Å². The summed E-state index contributed by atoms with van der Waals surface area (Å²) in [7, 11) is 1.70. The van der Waals surface area contributed by atoms with E-state index in [-0.39, 0.29) is 24.0 Å². The molecule has 4 nitrogen and oxygen atoms in total. The van der Waals surface area contributed by atoms with E-state index in [2.05, 4.69) is 28.5 Å². The number of methoxy groups -OCH3 is 1. The Bertz CT molecular complexity index is 433. The molecular formula is C15H24IN3O. The van der Waals surface area contributed by atoms with E-state index >= 15 is 0 Å². The molecule has 20 heavy (non-hydrogen) atoms. The van der Waals surface area contributed by atoms with Gasteiger partial charge < -0.3 is 15.8 Å². The molecule has 1 fully saturated rings. The second-order valence-corrected chi connectivity index (χ2v) is 5.13. The van der Waals surface area contributed by atoms with Crippen LogP contribution in [0.1, 0.15) is 30.4 Å². The van der Waals surface area contributed by atoms with E-state index in [1.54, 1.807) is 7.11 Å². The Morgan fingerprint density at radius 1 is 1.40 bits per heavy atom. The van der Waals surface area contributed by atoms with Crippen LogP contribution in [0.4, 0.5) is 0 Å². The smallest absolute Gasteiger partial charge is 0.188 e. The van der Waals surface area contributed by atoms with Gasteiger partial charge >= 0.3 is 0 Å². The molecule has 0 spiro atoms. The number of halogens is 1. The Kier molecular flexibility index (Phi) is 7.91. The standard InChI is InChI=1S/C15H23N3O.HI/c1-19-11-14-7-3-6-13(8-14)10-18-15(16)17-9-12-4-2-5-12;/h3,6-8,12H,2,4-5,9-11H2,1H3,(H3,16,17,18);1H. The maximum Gasteiger partial charge on any atom is 0.188 e. The van der Waals surface area contributed by atoms with Crippen LogP contribution in [-0.2, 0) is 17.9 Å². The maximum absolute atomic E-state index is 5.86. The van der Waals surface area contributed by atoms with Crippen LogP contribution in [0.5, 0.6) is 0 Å². The number of nitrogens with zero attached hydrogens (tertiary/aromatic N) is 1. The van der Waals surface area contributed by atoms with Crippen molar-refractivity contribution in [2.45, 2.75) is 32.4 Å². The zero-order chi connectivity index (χ0) is 13.5. The number of benzene rings is 1. The van der Waals surface area contributed by atoms with Gasteiger partial charge in [-0.1, -0.05) is 30.7 Å². The quantitative estimate of drug-likeness (QED) is 0.447. The maximum atomic E-state index is 5.86. The molecule has 0 amide bonds. The Morgan fingerprint density at radius 3 is 2.80 bits per heavy atom. The summed E-state index contributed by atoms with van der Waals surface area (Å²) in [5.74, 6) is 1.34. The van der Waals surface area contributed by atoms with E-state index in [4.69, 9.17) is 10.5 Å². The fraction of sp³-hybridized carbons (Fsp3) is 0.533. The SMILES string of the molecule is COCc1cccc(CN=C(N)NCC2CCC2)c1.I. The van der Waals surface area contributed by atoms with E-state index in [0.29, 0.717) is 19.1 Å². The van der Waals surface area contributed by atoms with Crippen LogP contribution in [0.25, 0.3) is 0 Å². The summed E-state index contributed by atoms with van der Waals surface area (Å²) in [5, 5.41) is 3.20. The molecule has 1 aromatic rings. The second-order valence-electron chi connectivity index (χ2n) is 5.13. The zero-order valence-corrected chi connectivity index (χ0v) is 14.3. The van der Waals surface area contributed by atoms with Crippen LogP contribution in [0.3, 0.4) is 0 Å². The molecule has 1 aromatic carbocycles. The van der Waals surface area contributed by atoms with Crippen molar-refractivity contribution in [3.8, 4) is 0 Å². The number of hydrogen-bond donors (Lipinski definition) is 2. The highest BCUT2D eigenvalue weighted by Crippen LogP contribution is 2.24. The van der Waals surface area contributed by atoms with E-state index in [1.807, 2.05) is 6.07 Å². The fourth-order valence-corrected chi connectivity index (χ4v) is 2.16. The van der Waals surface area contributed by atoms with Crippen molar-refractivity contribution in [3.63, 3.8) is 0 Å². The van der Waals surface area contributed by atoms with Gasteiger partial charge in [0.15, 0.2) is 5.96 Å². The van der Waals surface area contributed by atoms with Gasteiger partial charge in [-0.2, -0.15) is 0 Å². The van der Waals surface area contributed by atoms with Crippen LogP contribution in [0.15, 0.2) is 29.3 Å². The molecule has 0 aromatic heterocycles. The van der Waals surface area contributed by atoms with Crippen molar-refractivity contribution < 1.29 is 4.74 Å². The van der Waals surface area contributed by atoms with Gasteiger partial charge in [0, 0.05) is 13.7 Å². The first kappa shape index (κ1) is 17.2. The minimum atomic E-state index is 0.